The van der Waals surface area contributed by atoms with Crippen molar-refractivity contribution in [1.82, 2.24) is 5.09 Å². The van der Waals surface area contributed by atoms with Gasteiger partial charge in [-0.2, -0.15) is 0 Å². The fourth-order valence-corrected chi connectivity index (χ4v) is 3.89. The normalized spacial score (nSPS) is 14.7. The molecule has 1 rings (SSSR count). The number of nitrogens with one attached hydrogen (secondary N) is 1. The van der Waals surface area contributed by atoms with Gasteiger partial charge in [0.25, 0.3) is 0 Å². The van der Waals surface area contributed by atoms with Gasteiger partial charge in [-0.1, -0.05) is 0 Å². The molecule has 6 heteroatoms. The van der Waals surface area contributed by atoms with Gasteiger partial charge in [0.15, 0.2) is 0 Å². The summed E-state index contributed by atoms with van der Waals surface area (Å²) in [5, 5.41) is 2.88. The van der Waals surface area contributed by atoms with E-state index in [-0.39, 0.29) is 6.04 Å². The molecule has 0 fully saturated rings. The predicted octanol–water partition coefficient (Wildman–Crippen LogP) is 3.31. The van der Waals surface area contributed by atoms with Gasteiger partial charge in [-0.3, -0.25) is 0 Å². The molecule has 1 atom stereocenters. The van der Waals surface area contributed by atoms with Crippen LogP contribution in [-0.4, -0.2) is 17.2 Å². The summed E-state index contributed by atoms with van der Waals surface area (Å²) >= 11 is 6.72. The Labute approximate surface area is 112 Å². The smallest absolute Gasteiger partial charge is 0.310 e. The molecular weight excluding hydrogens is 273 g/mol. The highest BCUT2D eigenvalue weighted by molar-refractivity contribution is 8.08. The lowest BCUT2D eigenvalue weighted by atomic mass is 10.2. The highest BCUT2D eigenvalue weighted by Gasteiger charge is 2.17. The molecule has 0 aliphatic rings. The Morgan fingerprint density at radius 1 is 1.47 bits per heavy atom. The first-order valence-electron chi connectivity index (χ1n) is 5.29. The molecule has 0 aliphatic carbocycles. The van der Waals surface area contributed by atoms with Gasteiger partial charge in [0.1, 0.15) is 5.75 Å². The van der Waals surface area contributed by atoms with Crippen molar-refractivity contribution in [2.45, 2.75) is 31.7 Å². The van der Waals surface area contributed by atoms with Crippen LogP contribution in [0.1, 0.15) is 19.4 Å². The molecule has 0 radical (unpaired) electrons. The molecule has 1 unspecified atom stereocenters. The Morgan fingerprint density at radius 2 is 2.12 bits per heavy atom. The van der Waals surface area contributed by atoms with Crippen molar-refractivity contribution in [3.63, 3.8) is 0 Å². The van der Waals surface area contributed by atoms with E-state index >= 15 is 0 Å². The molecule has 0 bridgehead atoms. The zero-order chi connectivity index (χ0) is 13.1. The van der Waals surface area contributed by atoms with Gasteiger partial charge < -0.3 is 9.42 Å². The fourth-order valence-electron chi connectivity index (χ4n) is 1.34. The maximum absolute atomic E-state index is 9.98. The van der Waals surface area contributed by atoms with E-state index in [1.54, 1.807) is 11.8 Å². The van der Waals surface area contributed by atoms with Crippen LogP contribution in [0.25, 0.3) is 0 Å². The van der Waals surface area contributed by atoms with Crippen LogP contribution in [0.5, 0.6) is 5.75 Å². The van der Waals surface area contributed by atoms with Crippen molar-refractivity contribution < 1.29 is 9.42 Å². The summed E-state index contributed by atoms with van der Waals surface area (Å²) in [6.07, 6.45) is 2.02. The van der Waals surface area contributed by atoms with Gasteiger partial charge in [0, 0.05) is 10.9 Å². The molecule has 0 amide bonds. The Morgan fingerprint density at radius 3 is 2.59 bits per heavy atom. The largest absolute Gasteiger partial charge is 0.433 e. The molecule has 0 aliphatic heterocycles. The fraction of sp³-hybridized carbons (Fsp3) is 0.455. The first-order chi connectivity index (χ1) is 7.84. The molecule has 0 saturated heterocycles. The average Bonchev–Trinajstić information content (AvgIpc) is 2.18. The Bertz CT molecular complexity index is 437. The third-order valence-electron chi connectivity index (χ3n) is 2.03. The minimum absolute atomic E-state index is 0.0941. The SMILES string of the molecule is CSc1ccc(OP(O)(=S)NC(C)C)c(C)c1. The van der Waals surface area contributed by atoms with E-state index in [1.807, 2.05) is 45.2 Å². The van der Waals surface area contributed by atoms with E-state index in [0.717, 1.165) is 10.5 Å². The van der Waals surface area contributed by atoms with Crippen LogP contribution in [-0.2, 0) is 11.8 Å². The van der Waals surface area contributed by atoms with Crippen molar-refractivity contribution in [2.24, 2.45) is 0 Å². The third kappa shape index (κ3) is 4.98. The van der Waals surface area contributed by atoms with E-state index in [1.165, 1.54) is 0 Å². The lowest BCUT2D eigenvalue weighted by Gasteiger charge is -2.21. The maximum Gasteiger partial charge on any atom is 0.310 e. The number of aryl methyl sites for hydroxylation is 1. The van der Waals surface area contributed by atoms with Gasteiger partial charge in [-0.05, 0) is 62.6 Å². The number of rotatable bonds is 5. The summed E-state index contributed by atoms with van der Waals surface area (Å²) in [6.45, 7) is 2.84. The Hall–Kier alpha value is -0.0600. The number of thioether (sulfide) groups is 1. The number of benzene rings is 1. The quantitative estimate of drug-likeness (QED) is 0.643. The second-order valence-electron chi connectivity index (χ2n) is 4.03. The highest BCUT2D eigenvalue weighted by Crippen LogP contribution is 2.41. The summed E-state index contributed by atoms with van der Waals surface area (Å²) in [7, 11) is 0. The average molecular weight is 291 g/mol. The van der Waals surface area contributed by atoms with Crippen LogP contribution in [0.3, 0.4) is 0 Å². The molecular formula is C11H18NO2PS2. The zero-order valence-electron chi connectivity index (χ0n) is 10.4. The summed E-state index contributed by atoms with van der Waals surface area (Å²) in [6, 6.07) is 5.92. The van der Waals surface area contributed by atoms with E-state index in [4.69, 9.17) is 16.3 Å². The van der Waals surface area contributed by atoms with Gasteiger partial charge in [-0.15, -0.1) is 11.8 Å². The summed E-state index contributed by atoms with van der Waals surface area (Å²) < 4.78 is 5.50. The number of hydrogen-bond donors (Lipinski definition) is 2. The van der Waals surface area contributed by atoms with Crippen molar-refractivity contribution in [1.29, 1.82) is 0 Å². The Balaban J connectivity index is 2.85. The molecule has 0 heterocycles. The number of hydrogen-bond acceptors (Lipinski definition) is 3. The van der Waals surface area contributed by atoms with Crippen LogP contribution in [0.15, 0.2) is 23.1 Å². The summed E-state index contributed by atoms with van der Waals surface area (Å²) in [5.74, 6) is 0.641. The molecule has 0 aromatic heterocycles. The minimum atomic E-state index is -2.94. The maximum atomic E-state index is 9.98. The molecule has 17 heavy (non-hydrogen) atoms. The van der Waals surface area contributed by atoms with Gasteiger partial charge in [0.05, 0.1) is 0 Å². The molecule has 1 aromatic carbocycles. The van der Waals surface area contributed by atoms with Crippen LogP contribution in [0.4, 0.5) is 0 Å². The third-order valence-corrected chi connectivity index (χ3v) is 4.58. The second-order valence-corrected chi connectivity index (χ2v) is 7.87. The van der Waals surface area contributed by atoms with Crippen molar-refractivity contribution in [2.75, 3.05) is 6.26 Å². The van der Waals surface area contributed by atoms with Crippen LogP contribution >= 0.6 is 18.4 Å². The minimum Gasteiger partial charge on any atom is -0.433 e. The summed E-state index contributed by atoms with van der Waals surface area (Å²) in [5.41, 5.74) is 0.977. The topological polar surface area (TPSA) is 41.5 Å². The van der Waals surface area contributed by atoms with E-state index in [9.17, 15) is 4.89 Å². The van der Waals surface area contributed by atoms with Crippen LogP contribution in [0, 0.1) is 6.92 Å². The molecule has 96 valence electrons. The van der Waals surface area contributed by atoms with E-state index in [2.05, 4.69) is 5.09 Å². The van der Waals surface area contributed by atoms with E-state index < -0.39 is 6.64 Å². The van der Waals surface area contributed by atoms with E-state index in [0.29, 0.717) is 5.75 Å². The van der Waals surface area contributed by atoms with Crippen LogP contribution in [0.2, 0.25) is 0 Å². The van der Waals surface area contributed by atoms with Crippen molar-refractivity contribution in [3.05, 3.63) is 23.8 Å². The first-order valence-corrected chi connectivity index (χ1v) is 9.18. The Kier molecular flexibility index (Phi) is 5.48. The zero-order valence-corrected chi connectivity index (χ0v) is 13.0. The highest BCUT2D eigenvalue weighted by atomic mass is 32.5. The standard InChI is InChI=1S/C11H18NO2PS2/c1-8(2)12-15(13,16)14-11-6-5-10(17-4)7-9(11)3/h5-8H,1-4H3,(H2,12,13,16). The predicted molar refractivity (Wildman–Crippen MR) is 78.4 cm³/mol. The molecule has 0 saturated carbocycles. The van der Waals surface area contributed by atoms with Crippen molar-refractivity contribution >= 4 is 30.2 Å². The van der Waals surface area contributed by atoms with Crippen molar-refractivity contribution in [3.8, 4) is 5.75 Å². The molecule has 3 nitrogen and oxygen atoms in total. The summed E-state index contributed by atoms with van der Waals surface area (Å²) in [4.78, 5) is 11.1. The van der Waals surface area contributed by atoms with Crippen LogP contribution < -0.4 is 9.61 Å². The second kappa shape index (κ2) is 6.21. The lowest BCUT2D eigenvalue weighted by Crippen LogP contribution is -2.21. The first kappa shape index (κ1) is 15.0. The van der Waals surface area contributed by atoms with Gasteiger partial charge in [0.2, 0.25) is 0 Å². The van der Waals surface area contributed by atoms with Gasteiger partial charge in [-0.25, -0.2) is 5.09 Å². The molecule has 2 N–H and O–H groups in total. The lowest BCUT2D eigenvalue weighted by molar-refractivity contribution is 0.455. The monoisotopic (exact) mass is 291 g/mol. The molecule has 1 aromatic rings. The molecule has 0 spiro atoms. The van der Waals surface area contributed by atoms with Gasteiger partial charge >= 0.3 is 6.64 Å².